The number of carbonyl (C=O) groups is 1. The third kappa shape index (κ3) is 6.36. The number of amides is 2. The molecule has 0 spiro atoms. The Hall–Kier alpha value is -4.91. The van der Waals surface area contributed by atoms with Crippen LogP contribution in [0.1, 0.15) is 23.6 Å². The van der Waals surface area contributed by atoms with Crippen LogP contribution in [-0.4, -0.2) is 59.5 Å². The van der Waals surface area contributed by atoms with Crippen LogP contribution in [0.15, 0.2) is 36.2 Å². The first-order valence-corrected chi connectivity index (χ1v) is 10.8. The van der Waals surface area contributed by atoms with Gasteiger partial charge in [0.1, 0.15) is 11.9 Å². The molecule has 1 aliphatic rings. The molecule has 184 valence electrons. The number of nitriles is 2. The number of piperazine rings is 1. The molecule has 4 N–H and O–H groups in total. The lowest BCUT2D eigenvalue weighted by Crippen LogP contribution is -2.52. The summed E-state index contributed by atoms with van der Waals surface area (Å²) in [4.78, 5) is 24.3. The van der Waals surface area contributed by atoms with Crippen molar-refractivity contribution in [1.82, 2.24) is 20.2 Å². The summed E-state index contributed by atoms with van der Waals surface area (Å²) in [6, 6.07) is 6.34. The second-order valence-corrected chi connectivity index (χ2v) is 7.67. The summed E-state index contributed by atoms with van der Waals surface area (Å²) in [5.74, 6) is -1.26. The van der Waals surface area contributed by atoms with Gasteiger partial charge in [0.15, 0.2) is 11.6 Å². The minimum absolute atomic E-state index is 0.0161. The molecule has 0 radical (unpaired) electrons. The second kappa shape index (κ2) is 12.0. The van der Waals surface area contributed by atoms with E-state index in [-0.39, 0.29) is 29.3 Å². The summed E-state index contributed by atoms with van der Waals surface area (Å²) in [5.41, 5.74) is 0.490. The molecular weight excluding hydrogens is 470 g/mol. The van der Waals surface area contributed by atoms with Crippen LogP contribution in [0.4, 0.5) is 25.3 Å². The number of nitrogens with zero attached hydrogens (tertiary/aromatic N) is 6. The molecule has 1 aliphatic heterocycles. The van der Waals surface area contributed by atoms with E-state index in [0.29, 0.717) is 31.7 Å². The fraction of sp³-hybridized carbons (Fsp3) is 0.261. The van der Waals surface area contributed by atoms with Gasteiger partial charge in [0.2, 0.25) is 5.95 Å². The first-order valence-electron chi connectivity index (χ1n) is 10.8. The van der Waals surface area contributed by atoms with Gasteiger partial charge in [-0.15, -0.1) is 0 Å². The molecule has 1 aromatic heterocycles. The highest BCUT2D eigenvalue weighted by atomic mass is 19.1. The van der Waals surface area contributed by atoms with E-state index in [1.165, 1.54) is 12.1 Å². The zero-order chi connectivity index (χ0) is 26.1. The Balaban J connectivity index is 1.65. The number of rotatable bonds is 8. The van der Waals surface area contributed by atoms with Crippen LogP contribution in [0.2, 0.25) is 0 Å². The van der Waals surface area contributed by atoms with Crippen molar-refractivity contribution >= 4 is 30.2 Å². The van der Waals surface area contributed by atoms with Crippen LogP contribution < -0.4 is 15.5 Å². The van der Waals surface area contributed by atoms with Gasteiger partial charge in [0, 0.05) is 45.0 Å². The Kier molecular flexibility index (Phi) is 8.56. The number of carbonyl (C=O) groups excluding carboxylic acids is 1. The van der Waals surface area contributed by atoms with Crippen LogP contribution in [-0.2, 0) is 0 Å². The van der Waals surface area contributed by atoms with E-state index >= 15 is 0 Å². The molecule has 2 amide bonds. The van der Waals surface area contributed by atoms with Crippen molar-refractivity contribution in [3.8, 4) is 12.1 Å². The lowest BCUT2D eigenvalue weighted by molar-refractivity contribution is 0.190. The standard InChI is InChI=1S/C23H22F2N10O/c24-18-8-15(10-27)7-17(9-18)20(1-2-26)32-23(36)35-5-3-34(4-6-35)22-31-14-19(25)21(33-22)30-13-16(11-28)12-29/h2,7-9,11,13-14,20,26,28H,1,3-6H2,(H,32,36)(H,30,31,33)/b16-13+,26-2?,28-11?/t20-/m0/s1. The SMILES string of the molecule is N#C/C(C=N)=C/Nc1nc(N2CCN(C(=O)N[C@@H](CC=N)c3cc(F)cc(C#N)c3)CC2)ncc1F. The minimum atomic E-state index is -0.732. The zero-order valence-electron chi connectivity index (χ0n) is 19.0. The van der Waals surface area contributed by atoms with E-state index in [9.17, 15) is 13.6 Å². The lowest BCUT2D eigenvalue weighted by Gasteiger charge is -2.35. The number of benzene rings is 1. The van der Waals surface area contributed by atoms with E-state index in [1.54, 1.807) is 15.9 Å². The first kappa shape index (κ1) is 25.7. The van der Waals surface area contributed by atoms with Gasteiger partial charge in [-0.1, -0.05) is 0 Å². The van der Waals surface area contributed by atoms with Gasteiger partial charge in [0.05, 0.1) is 29.4 Å². The van der Waals surface area contributed by atoms with Gasteiger partial charge in [-0.25, -0.2) is 18.6 Å². The highest BCUT2D eigenvalue weighted by Gasteiger charge is 2.25. The molecule has 0 saturated carbocycles. The smallest absolute Gasteiger partial charge is 0.318 e. The van der Waals surface area contributed by atoms with Crippen LogP contribution in [0, 0.1) is 45.1 Å². The molecule has 13 heteroatoms. The van der Waals surface area contributed by atoms with Crippen molar-refractivity contribution in [1.29, 1.82) is 21.3 Å². The summed E-state index contributed by atoms with van der Waals surface area (Å²) in [7, 11) is 0. The Bertz CT molecular complexity index is 1260. The Labute approximate surface area is 205 Å². The van der Waals surface area contributed by atoms with Gasteiger partial charge in [0.25, 0.3) is 0 Å². The van der Waals surface area contributed by atoms with E-state index < -0.39 is 23.7 Å². The summed E-state index contributed by atoms with van der Waals surface area (Å²) in [6.45, 7) is 1.30. The number of urea groups is 1. The first-order chi connectivity index (χ1) is 17.4. The molecule has 3 rings (SSSR count). The number of halogens is 2. The van der Waals surface area contributed by atoms with E-state index in [2.05, 4.69) is 20.6 Å². The fourth-order valence-corrected chi connectivity index (χ4v) is 3.49. The zero-order valence-corrected chi connectivity index (χ0v) is 19.0. The van der Waals surface area contributed by atoms with Crippen LogP contribution in [0.3, 0.4) is 0 Å². The second-order valence-electron chi connectivity index (χ2n) is 7.67. The Morgan fingerprint density at radius 3 is 2.58 bits per heavy atom. The monoisotopic (exact) mass is 492 g/mol. The van der Waals surface area contributed by atoms with Crippen LogP contribution in [0.5, 0.6) is 0 Å². The number of hydrogen-bond acceptors (Lipinski definition) is 9. The molecule has 1 aromatic carbocycles. The van der Waals surface area contributed by atoms with Crippen molar-refractivity contribution in [3.63, 3.8) is 0 Å². The molecule has 11 nitrogen and oxygen atoms in total. The quantitative estimate of drug-likeness (QED) is 0.324. The third-order valence-electron chi connectivity index (χ3n) is 5.33. The van der Waals surface area contributed by atoms with Crippen molar-refractivity contribution in [3.05, 3.63) is 58.9 Å². The van der Waals surface area contributed by atoms with Gasteiger partial charge in [-0.3, -0.25) is 0 Å². The maximum Gasteiger partial charge on any atom is 0.318 e. The summed E-state index contributed by atoms with van der Waals surface area (Å²) in [5, 5.41) is 37.8. The molecule has 1 saturated heterocycles. The molecule has 2 heterocycles. The summed E-state index contributed by atoms with van der Waals surface area (Å²) in [6.07, 6.45) is 4.20. The maximum absolute atomic E-state index is 14.1. The van der Waals surface area contributed by atoms with Crippen molar-refractivity contribution in [2.24, 2.45) is 0 Å². The van der Waals surface area contributed by atoms with E-state index in [4.69, 9.17) is 21.3 Å². The molecule has 0 unspecified atom stereocenters. The van der Waals surface area contributed by atoms with Gasteiger partial charge in [-0.05, 0) is 30.0 Å². The average Bonchev–Trinajstić information content (AvgIpc) is 2.89. The number of anilines is 2. The van der Waals surface area contributed by atoms with Crippen molar-refractivity contribution < 1.29 is 13.6 Å². The molecule has 1 fully saturated rings. The van der Waals surface area contributed by atoms with E-state index in [1.807, 2.05) is 6.07 Å². The van der Waals surface area contributed by atoms with Gasteiger partial charge in [-0.2, -0.15) is 15.5 Å². The van der Waals surface area contributed by atoms with E-state index in [0.717, 1.165) is 30.9 Å². The maximum atomic E-state index is 14.1. The molecule has 0 bridgehead atoms. The highest BCUT2D eigenvalue weighted by molar-refractivity contribution is 5.81. The van der Waals surface area contributed by atoms with Crippen LogP contribution in [0.25, 0.3) is 0 Å². The number of hydrogen-bond donors (Lipinski definition) is 4. The number of nitrogens with one attached hydrogen (secondary N) is 4. The largest absolute Gasteiger partial charge is 0.343 e. The topological polar surface area (TPSA) is 169 Å². The van der Waals surface area contributed by atoms with Crippen molar-refractivity contribution in [2.75, 3.05) is 36.4 Å². The third-order valence-corrected chi connectivity index (χ3v) is 5.33. The lowest BCUT2D eigenvalue weighted by atomic mass is 10.0. The predicted octanol–water partition coefficient (Wildman–Crippen LogP) is 2.71. The number of aromatic nitrogens is 2. The molecule has 0 aliphatic carbocycles. The van der Waals surface area contributed by atoms with Crippen molar-refractivity contribution in [2.45, 2.75) is 12.5 Å². The molecular formula is C23H22F2N10O. The predicted molar refractivity (Wildman–Crippen MR) is 128 cm³/mol. The van der Waals surface area contributed by atoms with Gasteiger partial charge < -0.3 is 31.3 Å². The summed E-state index contributed by atoms with van der Waals surface area (Å²) < 4.78 is 28.0. The summed E-state index contributed by atoms with van der Waals surface area (Å²) >= 11 is 0. The highest BCUT2D eigenvalue weighted by Crippen LogP contribution is 2.21. The fourth-order valence-electron chi connectivity index (χ4n) is 3.49. The average molecular weight is 492 g/mol. The van der Waals surface area contributed by atoms with Gasteiger partial charge >= 0.3 is 6.03 Å². The molecule has 1 atom stereocenters. The number of allylic oxidation sites excluding steroid dienone is 1. The molecule has 36 heavy (non-hydrogen) atoms. The Morgan fingerprint density at radius 2 is 1.94 bits per heavy atom. The molecule has 2 aromatic rings. The Morgan fingerprint density at radius 1 is 1.19 bits per heavy atom. The minimum Gasteiger partial charge on any atom is -0.343 e. The van der Waals surface area contributed by atoms with Crippen LogP contribution >= 0.6 is 0 Å². The normalized spacial score (nSPS) is 14.3.